The van der Waals surface area contributed by atoms with Crippen LogP contribution in [0.15, 0.2) is 22.8 Å². The van der Waals surface area contributed by atoms with Crippen LogP contribution in [0.25, 0.3) is 0 Å². The highest BCUT2D eigenvalue weighted by atomic mass is 16.5. The first-order chi connectivity index (χ1) is 16.7. The Kier molecular flexibility index (Phi) is 9.74. The fourth-order valence-electron chi connectivity index (χ4n) is 5.24. The van der Waals surface area contributed by atoms with Crippen LogP contribution in [0, 0.1) is 17.3 Å². The van der Waals surface area contributed by atoms with Gasteiger partial charge in [0.25, 0.3) is 0 Å². The maximum atomic E-state index is 13.5. The van der Waals surface area contributed by atoms with E-state index in [9.17, 15) is 19.6 Å². The molecule has 35 heavy (non-hydrogen) atoms. The van der Waals surface area contributed by atoms with Gasteiger partial charge in [0.05, 0.1) is 25.3 Å². The maximum Gasteiger partial charge on any atom is 0.245 e. The minimum atomic E-state index is -0.683. The van der Waals surface area contributed by atoms with Gasteiger partial charge in [-0.25, -0.2) is 5.06 Å². The van der Waals surface area contributed by atoms with Crippen LogP contribution in [-0.2, 0) is 20.9 Å². The van der Waals surface area contributed by atoms with E-state index >= 15 is 0 Å². The van der Waals surface area contributed by atoms with Crippen molar-refractivity contribution in [1.82, 2.24) is 20.6 Å². The summed E-state index contributed by atoms with van der Waals surface area (Å²) in [6, 6.07) is 3.43. The van der Waals surface area contributed by atoms with Crippen LogP contribution >= 0.6 is 0 Å². The number of nitrogens with one attached hydrogen (secondary N) is 2. The smallest absolute Gasteiger partial charge is 0.245 e. The number of likely N-dealkylation sites (tertiary alicyclic amines) is 1. The summed E-state index contributed by atoms with van der Waals surface area (Å²) < 4.78 is 5.38. The molecular formula is C26H42N4O5. The molecular weight excluding hydrogens is 448 g/mol. The van der Waals surface area contributed by atoms with Crippen LogP contribution in [-0.4, -0.2) is 65.1 Å². The summed E-state index contributed by atoms with van der Waals surface area (Å²) in [6.07, 6.45) is 8.66. The van der Waals surface area contributed by atoms with Gasteiger partial charge in [0.15, 0.2) is 0 Å². The van der Waals surface area contributed by atoms with E-state index in [1.165, 1.54) is 0 Å². The van der Waals surface area contributed by atoms with Gasteiger partial charge in [0, 0.05) is 19.1 Å². The maximum absolute atomic E-state index is 13.5. The number of carbonyl (C=O) groups is 3. The minimum absolute atomic E-state index is 0.0659. The van der Waals surface area contributed by atoms with Gasteiger partial charge in [0.2, 0.25) is 18.2 Å². The summed E-state index contributed by atoms with van der Waals surface area (Å²) in [5, 5.41) is 16.8. The Morgan fingerprint density at radius 2 is 1.91 bits per heavy atom. The summed E-state index contributed by atoms with van der Waals surface area (Å²) in [5.74, 6) is 0.388. The lowest BCUT2D eigenvalue weighted by atomic mass is 9.84. The monoisotopic (exact) mass is 490 g/mol. The number of rotatable bonds is 11. The van der Waals surface area contributed by atoms with E-state index in [1.54, 1.807) is 6.26 Å². The van der Waals surface area contributed by atoms with Crippen molar-refractivity contribution in [3.63, 3.8) is 0 Å². The molecule has 1 aliphatic carbocycles. The van der Waals surface area contributed by atoms with Crippen molar-refractivity contribution in [3.8, 4) is 0 Å². The lowest BCUT2D eigenvalue weighted by Gasteiger charge is -2.39. The van der Waals surface area contributed by atoms with Crippen LogP contribution in [0.2, 0.25) is 0 Å². The predicted octanol–water partition coefficient (Wildman–Crippen LogP) is 2.94. The molecule has 1 aromatic heterocycles. The molecule has 2 fully saturated rings. The molecule has 1 aromatic rings. The Morgan fingerprint density at radius 3 is 2.49 bits per heavy atom. The standard InChI is InChI=1S/C26H42N4O5/c1-26(2,3)23(28-24(32)20(17-30(34)18-31)15-19-7-4-5-8-19)25(33)29-12-10-21(11-13-29)27-16-22-9-6-14-35-22/h6,9,14,18-21,23,27,34H,4-5,7-8,10-13,15-17H2,1-3H3,(H,28,32)/t20-,23?/m1/s1. The Bertz CT molecular complexity index is 808. The molecule has 3 N–H and O–H groups in total. The van der Waals surface area contributed by atoms with Crippen LogP contribution in [0.3, 0.4) is 0 Å². The molecule has 9 nitrogen and oxygen atoms in total. The molecule has 0 spiro atoms. The summed E-state index contributed by atoms with van der Waals surface area (Å²) in [7, 11) is 0. The van der Waals surface area contributed by atoms with Crippen molar-refractivity contribution >= 4 is 18.2 Å². The number of carbonyl (C=O) groups excluding carboxylic acids is 3. The van der Waals surface area contributed by atoms with Crippen molar-refractivity contribution < 1.29 is 24.0 Å². The molecule has 1 aliphatic heterocycles. The number of amides is 3. The van der Waals surface area contributed by atoms with E-state index in [4.69, 9.17) is 4.42 Å². The van der Waals surface area contributed by atoms with E-state index in [-0.39, 0.29) is 18.4 Å². The molecule has 3 amide bonds. The summed E-state index contributed by atoms with van der Waals surface area (Å²) >= 11 is 0. The quantitative estimate of drug-likeness (QED) is 0.250. The van der Waals surface area contributed by atoms with Crippen molar-refractivity contribution in [3.05, 3.63) is 24.2 Å². The van der Waals surface area contributed by atoms with Gasteiger partial charge in [-0.15, -0.1) is 0 Å². The van der Waals surface area contributed by atoms with Crippen LogP contribution in [0.5, 0.6) is 0 Å². The average Bonchev–Trinajstić information content (AvgIpc) is 3.54. The second-order valence-corrected chi connectivity index (χ2v) is 11.2. The van der Waals surface area contributed by atoms with Gasteiger partial charge in [-0.1, -0.05) is 46.5 Å². The summed E-state index contributed by atoms with van der Waals surface area (Å²) in [6.45, 7) is 7.69. The fourth-order valence-corrected chi connectivity index (χ4v) is 5.24. The lowest BCUT2D eigenvalue weighted by Crippen LogP contribution is -2.58. The number of piperidine rings is 1. The number of hydrogen-bond donors (Lipinski definition) is 3. The first kappa shape index (κ1) is 27.2. The number of nitrogens with zero attached hydrogens (tertiary/aromatic N) is 2. The third kappa shape index (κ3) is 8.07. The highest BCUT2D eigenvalue weighted by Crippen LogP contribution is 2.31. The van der Waals surface area contributed by atoms with Gasteiger partial charge in [-0.3, -0.25) is 19.6 Å². The zero-order chi connectivity index (χ0) is 25.4. The van der Waals surface area contributed by atoms with Crippen molar-refractivity contribution in [2.24, 2.45) is 17.3 Å². The Hall–Kier alpha value is -2.39. The second-order valence-electron chi connectivity index (χ2n) is 11.2. The van der Waals surface area contributed by atoms with E-state index < -0.39 is 17.4 Å². The van der Waals surface area contributed by atoms with Gasteiger partial charge >= 0.3 is 0 Å². The molecule has 1 saturated heterocycles. The third-order valence-corrected chi connectivity index (χ3v) is 7.34. The molecule has 9 heteroatoms. The molecule has 0 radical (unpaired) electrons. The van der Waals surface area contributed by atoms with Crippen LogP contribution in [0.4, 0.5) is 0 Å². The van der Waals surface area contributed by atoms with Crippen molar-refractivity contribution in [2.45, 2.75) is 84.3 Å². The van der Waals surface area contributed by atoms with Crippen molar-refractivity contribution in [2.75, 3.05) is 19.6 Å². The van der Waals surface area contributed by atoms with Gasteiger partial charge < -0.3 is 20.0 Å². The SMILES string of the molecule is CC(C)(C)C(NC(=O)[C@H](CC1CCCC1)CN(O)C=O)C(=O)N1CCC(NCc2ccco2)CC1. The highest BCUT2D eigenvalue weighted by molar-refractivity contribution is 5.89. The Morgan fingerprint density at radius 1 is 1.23 bits per heavy atom. The van der Waals surface area contributed by atoms with Crippen LogP contribution < -0.4 is 10.6 Å². The average molecular weight is 491 g/mol. The zero-order valence-corrected chi connectivity index (χ0v) is 21.4. The second kappa shape index (κ2) is 12.5. The highest BCUT2D eigenvalue weighted by Gasteiger charge is 2.38. The van der Waals surface area contributed by atoms with Gasteiger partial charge in [0.1, 0.15) is 11.8 Å². The van der Waals surface area contributed by atoms with E-state index in [1.807, 2.05) is 37.8 Å². The first-order valence-electron chi connectivity index (χ1n) is 12.9. The van der Waals surface area contributed by atoms with Gasteiger partial charge in [-0.05, 0) is 42.7 Å². The molecule has 1 unspecified atom stereocenters. The molecule has 3 rings (SSSR count). The molecule has 0 aromatic carbocycles. The summed E-state index contributed by atoms with van der Waals surface area (Å²) in [5.41, 5.74) is -0.484. The normalized spacial score (nSPS) is 19.4. The van der Waals surface area contributed by atoms with Crippen molar-refractivity contribution in [1.29, 1.82) is 0 Å². The molecule has 196 valence electrons. The van der Waals surface area contributed by atoms with Gasteiger partial charge in [-0.2, -0.15) is 0 Å². The van der Waals surface area contributed by atoms with E-state index in [0.717, 1.165) is 44.3 Å². The van der Waals surface area contributed by atoms with E-state index in [2.05, 4.69) is 10.6 Å². The summed E-state index contributed by atoms with van der Waals surface area (Å²) in [4.78, 5) is 39.7. The number of hydroxylamine groups is 2. The zero-order valence-electron chi connectivity index (χ0n) is 21.4. The molecule has 2 heterocycles. The first-order valence-corrected chi connectivity index (χ1v) is 12.9. The molecule has 2 aliphatic rings. The number of hydrogen-bond acceptors (Lipinski definition) is 6. The largest absolute Gasteiger partial charge is 0.468 e. The lowest BCUT2D eigenvalue weighted by molar-refractivity contribution is -0.156. The topological polar surface area (TPSA) is 115 Å². The molecule has 2 atom stereocenters. The van der Waals surface area contributed by atoms with E-state index in [0.29, 0.717) is 49.5 Å². The Labute approximate surface area is 208 Å². The predicted molar refractivity (Wildman–Crippen MR) is 131 cm³/mol. The fraction of sp³-hybridized carbons (Fsp3) is 0.731. The number of furan rings is 1. The Balaban J connectivity index is 1.59. The third-order valence-electron chi connectivity index (χ3n) is 7.34. The van der Waals surface area contributed by atoms with Crippen LogP contribution in [0.1, 0.15) is 71.5 Å². The molecule has 1 saturated carbocycles. The molecule has 0 bridgehead atoms. The minimum Gasteiger partial charge on any atom is -0.468 e.